The summed E-state index contributed by atoms with van der Waals surface area (Å²) in [6, 6.07) is 5.59. The number of nitrogens with zero attached hydrogens (tertiary/aromatic N) is 1. The van der Waals surface area contributed by atoms with Gasteiger partial charge in [0.2, 0.25) is 10.0 Å². The average molecular weight is 330 g/mol. The first-order valence-corrected chi connectivity index (χ1v) is 9.44. The normalized spacial score (nSPS) is 12.2. The van der Waals surface area contributed by atoms with Gasteiger partial charge in [0.05, 0.1) is 4.90 Å². The van der Waals surface area contributed by atoms with Crippen LogP contribution in [0.3, 0.4) is 0 Å². The number of hydrogen-bond acceptors (Lipinski definition) is 5. The van der Waals surface area contributed by atoms with Crippen LogP contribution < -0.4 is 5.73 Å². The van der Waals surface area contributed by atoms with Crippen molar-refractivity contribution in [2.45, 2.75) is 31.8 Å². The number of aryl methyl sites for hydroxylation is 1. The first kappa shape index (κ1) is 15.7. The van der Waals surface area contributed by atoms with Gasteiger partial charge in [-0.05, 0) is 24.4 Å². The topological polar surface area (TPSA) is 63.4 Å². The predicted molar refractivity (Wildman–Crippen MR) is 84.5 cm³/mol. The summed E-state index contributed by atoms with van der Waals surface area (Å²) in [4.78, 5) is 3.13. The molecule has 0 radical (unpaired) electrons. The third-order valence-corrected chi connectivity index (χ3v) is 7.12. The van der Waals surface area contributed by atoms with Gasteiger partial charge in [-0.1, -0.05) is 13.0 Å². The van der Waals surface area contributed by atoms with Crippen molar-refractivity contribution in [2.75, 3.05) is 6.54 Å². The molecule has 0 spiro atoms. The SMILES string of the molecule is CCN(Cc1cccs1)S(=O)(=O)c1cc(CN)sc1C. The lowest BCUT2D eigenvalue weighted by Crippen LogP contribution is -2.30. The third kappa shape index (κ3) is 3.12. The standard InChI is InChI=1S/C13H18N2O2S3/c1-3-15(9-11-5-4-6-18-11)20(16,17)13-7-12(8-14)19-10(13)2/h4-7H,3,8-9,14H2,1-2H3. The molecule has 0 saturated carbocycles. The largest absolute Gasteiger partial charge is 0.326 e. The molecule has 0 aliphatic heterocycles. The van der Waals surface area contributed by atoms with Gasteiger partial charge in [-0.3, -0.25) is 0 Å². The summed E-state index contributed by atoms with van der Waals surface area (Å²) in [5.41, 5.74) is 5.60. The van der Waals surface area contributed by atoms with Crippen molar-refractivity contribution in [3.8, 4) is 0 Å². The molecule has 110 valence electrons. The lowest BCUT2D eigenvalue weighted by atomic mass is 10.4. The summed E-state index contributed by atoms with van der Waals surface area (Å²) in [5, 5.41) is 1.96. The quantitative estimate of drug-likeness (QED) is 0.886. The van der Waals surface area contributed by atoms with E-state index < -0.39 is 10.0 Å². The molecule has 2 heterocycles. The second-order valence-electron chi connectivity index (χ2n) is 4.35. The summed E-state index contributed by atoms with van der Waals surface area (Å²) in [6.45, 7) is 4.93. The first-order chi connectivity index (χ1) is 9.48. The molecule has 7 heteroatoms. The van der Waals surface area contributed by atoms with E-state index in [2.05, 4.69) is 0 Å². The molecule has 0 aliphatic rings. The summed E-state index contributed by atoms with van der Waals surface area (Å²) in [6.07, 6.45) is 0. The maximum atomic E-state index is 12.7. The van der Waals surface area contributed by atoms with Crippen molar-refractivity contribution < 1.29 is 8.42 Å². The van der Waals surface area contributed by atoms with E-state index in [0.29, 0.717) is 24.5 Å². The van der Waals surface area contributed by atoms with Crippen molar-refractivity contribution >= 4 is 32.7 Å². The van der Waals surface area contributed by atoms with Gasteiger partial charge >= 0.3 is 0 Å². The van der Waals surface area contributed by atoms with E-state index in [1.807, 2.05) is 31.4 Å². The van der Waals surface area contributed by atoms with E-state index in [1.54, 1.807) is 17.4 Å². The molecule has 2 aromatic heterocycles. The Balaban J connectivity index is 2.33. The highest BCUT2D eigenvalue weighted by Crippen LogP contribution is 2.29. The fourth-order valence-corrected chi connectivity index (χ4v) is 5.67. The van der Waals surface area contributed by atoms with E-state index in [9.17, 15) is 8.42 Å². The summed E-state index contributed by atoms with van der Waals surface area (Å²) >= 11 is 3.02. The number of sulfonamides is 1. The van der Waals surface area contributed by atoms with Crippen LogP contribution in [0.1, 0.15) is 21.6 Å². The summed E-state index contributed by atoms with van der Waals surface area (Å²) < 4.78 is 27.0. The first-order valence-electron chi connectivity index (χ1n) is 6.31. The van der Waals surface area contributed by atoms with E-state index >= 15 is 0 Å². The van der Waals surface area contributed by atoms with Crippen molar-refractivity contribution in [3.05, 3.63) is 38.2 Å². The minimum absolute atomic E-state index is 0.373. The van der Waals surface area contributed by atoms with E-state index in [1.165, 1.54) is 15.6 Å². The zero-order valence-electron chi connectivity index (χ0n) is 11.5. The highest BCUT2D eigenvalue weighted by molar-refractivity contribution is 7.89. The van der Waals surface area contributed by atoms with E-state index in [4.69, 9.17) is 5.73 Å². The Kier molecular flexibility index (Phi) is 4.98. The van der Waals surface area contributed by atoms with Gasteiger partial charge in [0.25, 0.3) is 0 Å². The highest BCUT2D eigenvalue weighted by Gasteiger charge is 2.26. The van der Waals surface area contributed by atoms with Gasteiger partial charge in [0.15, 0.2) is 0 Å². The molecule has 0 unspecified atom stereocenters. The molecule has 2 N–H and O–H groups in total. The van der Waals surface area contributed by atoms with Crippen LogP contribution in [0.4, 0.5) is 0 Å². The van der Waals surface area contributed by atoms with Gasteiger partial charge < -0.3 is 5.73 Å². The molecular weight excluding hydrogens is 312 g/mol. The molecule has 0 fully saturated rings. The minimum Gasteiger partial charge on any atom is -0.326 e. The zero-order valence-corrected chi connectivity index (χ0v) is 13.9. The van der Waals surface area contributed by atoms with Crippen molar-refractivity contribution in [1.82, 2.24) is 4.31 Å². The van der Waals surface area contributed by atoms with E-state index in [-0.39, 0.29) is 0 Å². The summed E-state index contributed by atoms with van der Waals surface area (Å²) in [5.74, 6) is 0. The Labute approximate surface area is 127 Å². The molecular formula is C13H18N2O2S3. The lowest BCUT2D eigenvalue weighted by molar-refractivity contribution is 0.426. The summed E-state index contributed by atoms with van der Waals surface area (Å²) in [7, 11) is -3.45. The predicted octanol–water partition coefficient (Wildman–Crippen LogP) is 2.79. The Bertz CT molecular complexity index is 660. The molecule has 0 bridgehead atoms. The van der Waals surface area contributed by atoms with E-state index in [0.717, 1.165) is 14.6 Å². The van der Waals surface area contributed by atoms with Crippen LogP contribution in [0.25, 0.3) is 0 Å². The number of thiophene rings is 2. The minimum atomic E-state index is -3.45. The molecule has 0 amide bonds. The molecule has 2 rings (SSSR count). The van der Waals surface area contributed by atoms with Crippen LogP contribution in [-0.4, -0.2) is 19.3 Å². The third-order valence-electron chi connectivity index (χ3n) is 3.01. The zero-order chi connectivity index (χ0) is 14.8. The Morgan fingerprint density at radius 2 is 2.10 bits per heavy atom. The molecule has 0 atom stereocenters. The molecule has 0 aromatic carbocycles. The van der Waals surface area contributed by atoms with Crippen LogP contribution in [0, 0.1) is 6.92 Å². The fraction of sp³-hybridized carbons (Fsp3) is 0.385. The number of rotatable bonds is 6. The Morgan fingerprint density at radius 1 is 1.35 bits per heavy atom. The second-order valence-corrected chi connectivity index (χ2v) is 8.63. The van der Waals surface area contributed by atoms with Crippen LogP contribution in [0.5, 0.6) is 0 Å². The maximum Gasteiger partial charge on any atom is 0.244 e. The van der Waals surface area contributed by atoms with Crippen molar-refractivity contribution in [1.29, 1.82) is 0 Å². The van der Waals surface area contributed by atoms with Gasteiger partial charge in [-0.2, -0.15) is 4.31 Å². The van der Waals surface area contributed by atoms with Gasteiger partial charge in [0, 0.05) is 34.3 Å². The Hall–Kier alpha value is -0.730. The smallest absolute Gasteiger partial charge is 0.244 e. The monoisotopic (exact) mass is 330 g/mol. The van der Waals surface area contributed by atoms with Crippen LogP contribution in [0.15, 0.2) is 28.5 Å². The van der Waals surface area contributed by atoms with Crippen LogP contribution >= 0.6 is 22.7 Å². The average Bonchev–Trinajstić information content (AvgIpc) is 3.04. The second kappa shape index (κ2) is 6.36. The van der Waals surface area contributed by atoms with Gasteiger partial charge in [-0.15, -0.1) is 22.7 Å². The van der Waals surface area contributed by atoms with Crippen LogP contribution in [0.2, 0.25) is 0 Å². The number of nitrogens with two attached hydrogens (primary N) is 1. The lowest BCUT2D eigenvalue weighted by Gasteiger charge is -2.19. The molecule has 2 aromatic rings. The highest BCUT2D eigenvalue weighted by atomic mass is 32.2. The van der Waals surface area contributed by atoms with Gasteiger partial charge in [-0.25, -0.2) is 8.42 Å². The molecule has 20 heavy (non-hydrogen) atoms. The maximum absolute atomic E-state index is 12.7. The fourth-order valence-electron chi connectivity index (χ4n) is 1.96. The molecule has 0 saturated heterocycles. The molecule has 0 aliphatic carbocycles. The Morgan fingerprint density at radius 3 is 2.60 bits per heavy atom. The number of hydrogen-bond donors (Lipinski definition) is 1. The van der Waals surface area contributed by atoms with Crippen molar-refractivity contribution in [2.24, 2.45) is 5.73 Å². The van der Waals surface area contributed by atoms with Gasteiger partial charge in [0.1, 0.15) is 0 Å². The van der Waals surface area contributed by atoms with Crippen LogP contribution in [-0.2, 0) is 23.1 Å². The van der Waals surface area contributed by atoms with Crippen molar-refractivity contribution in [3.63, 3.8) is 0 Å². The molecule has 4 nitrogen and oxygen atoms in total.